The van der Waals surface area contributed by atoms with E-state index in [0.717, 1.165) is 37.7 Å². The highest BCUT2D eigenvalue weighted by Gasteiger charge is 2.20. The highest BCUT2D eigenvalue weighted by atomic mass is 15.3. The van der Waals surface area contributed by atoms with Gasteiger partial charge in [0.15, 0.2) is 0 Å². The normalized spacial score (nSPS) is 13.6. The van der Waals surface area contributed by atoms with Crippen LogP contribution < -0.4 is 10.2 Å². The van der Waals surface area contributed by atoms with Crippen LogP contribution in [0.3, 0.4) is 0 Å². The average Bonchev–Trinajstić information content (AvgIpc) is 2.89. The van der Waals surface area contributed by atoms with Gasteiger partial charge in [0.25, 0.3) is 0 Å². The lowest BCUT2D eigenvalue weighted by atomic mass is 10.1. The lowest BCUT2D eigenvalue weighted by molar-refractivity contribution is 0.718. The van der Waals surface area contributed by atoms with Gasteiger partial charge in [-0.25, -0.2) is 9.97 Å². The van der Waals surface area contributed by atoms with Crippen molar-refractivity contribution >= 4 is 5.95 Å². The standard InChI is InChI=1S/C15H18N4/c1-2-16-7-12-8-17-15(18-9-12)19-10-13-5-3-4-6-14(13)11-19/h3-6,8-9,16H,2,7,10-11H2,1H3. The van der Waals surface area contributed by atoms with E-state index in [1.165, 1.54) is 11.1 Å². The van der Waals surface area contributed by atoms with Gasteiger partial charge in [0.05, 0.1) is 0 Å². The summed E-state index contributed by atoms with van der Waals surface area (Å²) in [4.78, 5) is 11.2. The van der Waals surface area contributed by atoms with Gasteiger partial charge in [0, 0.05) is 37.6 Å². The molecule has 0 fully saturated rings. The van der Waals surface area contributed by atoms with Crippen LogP contribution in [0.4, 0.5) is 5.95 Å². The first-order valence-electron chi connectivity index (χ1n) is 6.70. The van der Waals surface area contributed by atoms with Gasteiger partial charge in [-0.1, -0.05) is 31.2 Å². The molecule has 1 aromatic heterocycles. The van der Waals surface area contributed by atoms with Crippen LogP contribution in [-0.2, 0) is 19.6 Å². The molecular formula is C15H18N4. The Hall–Kier alpha value is -1.94. The molecule has 1 aliphatic heterocycles. The number of nitrogens with zero attached hydrogens (tertiary/aromatic N) is 3. The number of hydrogen-bond donors (Lipinski definition) is 1. The van der Waals surface area contributed by atoms with Crippen molar-refractivity contribution in [2.24, 2.45) is 0 Å². The van der Waals surface area contributed by atoms with Crippen molar-refractivity contribution in [2.45, 2.75) is 26.6 Å². The fourth-order valence-corrected chi connectivity index (χ4v) is 2.35. The number of rotatable bonds is 4. The number of benzene rings is 1. The minimum Gasteiger partial charge on any atom is -0.332 e. The van der Waals surface area contributed by atoms with Gasteiger partial charge in [-0.05, 0) is 17.7 Å². The first kappa shape index (κ1) is 12.1. The van der Waals surface area contributed by atoms with E-state index in [1.807, 2.05) is 12.4 Å². The van der Waals surface area contributed by atoms with E-state index >= 15 is 0 Å². The molecule has 0 amide bonds. The van der Waals surface area contributed by atoms with Gasteiger partial charge in [-0.3, -0.25) is 0 Å². The van der Waals surface area contributed by atoms with Crippen LogP contribution in [0.1, 0.15) is 23.6 Å². The maximum absolute atomic E-state index is 4.47. The van der Waals surface area contributed by atoms with E-state index in [4.69, 9.17) is 0 Å². The van der Waals surface area contributed by atoms with Crippen molar-refractivity contribution in [3.05, 3.63) is 53.3 Å². The van der Waals surface area contributed by atoms with Crippen molar-refractivity contribution in [1.29, 1.82) is 0 Å². The molecule has 4 heteroatoms. The Morgan fingerprint density at radius 3 is 2.32 bits per heavy atom. The molecule has 0 saturated carbocycles. The molecule has 1 aromatic carbocycles. The Balaban J connectivity index is 1.71. The first-order chi connectivity index (χ1) is 9.36. The molecule has 2 heterocycles. The minimum absolute atomic E-state index is 0.816. The zero-order valence-electron chi connectivity index (χ0n) is 11.1. The summed E-state index contributed by atoms with van der Waals surface area (Å²) < 4.78 is 0. The molecular weight excluding hydrogens is 236 g/mol. The monoisotopic (exact) mass is 254 g/mol. The van der Waals surface area contributed by atoms with Crippen LogP contribution >= 0.6 is 0 Å². The van der Waals surface area contributed by atoms with Gasteiger partial charge in [-0.2, -0.15) is 0 Å². The van der Waals surface area contributed by atoms with E-state index in [2.05, 4.69) is 51.4 Å². The fourth-order valence-electron chi connectivity index (χ4n) is 2.35. The van der Waals surface area contributed by atoms with Crippen molar-refractivity contribution < 1.29 is 0 Å². The molecule has 0 aliphatic carbocycles. The molecule has 0 atom stereocenters. The third-order valence-electron chi connectivity index (χ3n) is 3.39. The largest absolute Gasteiger partial charge is 0.332 e. The van der Waals surface area contributed by atoms with Gasteiger partial charge in [0.1, 0.15) is 0 Å². The third-order valence-corrected chi connectivity index (χ3v) is 3.39. The Morgan fingerprint density at radius 2 is 1.74 bits per heavy atom. The molecule has 0 saturated heterocycles. The second-order valence-electron chi connectivity index (χ2n) is 4.80. The third kappa shape index (κ3) is 2.58. The molecule has 3 rings (SSSR count). The van der Waals surface area contributed by atoms with E-state index in [-0.39, 0.29) is 0 Å². The molecule has 0 spiro atoms. The van der Waals surface area contributed by atoms with Crippen molar-refractivity contribution in [3.63, 3.8) is 0 Å². The van der Waals surface area contributed by atoms with Crippen LogP contribution in [0.5, 0.6) is 0 Å². The lowest BCUT2D eigenvalue weighted by Gasteiger charge is -2.15. The number of fused-ring (bicyclic) bond motifs is 1. The zero-order valence-corrected chi connectivity index (χ0v) is 11.1. The summed E-state index contributed by atoms with van der Waals surface area (Å²) in [6.45, 7) is 5.70. The summed E-state index contributed by atoms with van der Waals surface area (Å²) in [5.41, 5.74) is 3.88. The topological polar surface area (TPSA) is 41.1 Å². The lowest BCUT2D eigenvalue weighted by Crippen LogP contribution is -2.18. The Labute approximate surface area is 113 Å². The highest BCUT2D eigenvalue weighted by Crippen LogP contribution is 2.25. The van der Waals surface area contributed by atoms with E-state index in [1.54, 1.807) is 0 Å². The molecule has 2 aromatic rings. The zero-order chi connectivity index (χ0) is 13.1. The van der Waals surface area contributed by atoms with Crippen LogP contribution in [0.25, 0.3) is 0 Å². The summed E-state index contributed by atoms with van der Waals surface area (Å²) in [6, 6.07) is 8.52. The SMILES string of the molecule is CCNCc1cnc(N2Cc3ccccc3C2)nc1. The Bertz CT molecular complexity index is 525. The van der Waals surface area contributed by atoms with Crippen LogP contribution in [0.2, 0.25) is 0 Å². The summed E-state index contributed by atoms with van der Waals surface area (Å²) in [6.07, 6.45) is 3.82. The van der Waals surface area contributed by atoms with Crippen molar-refractivity contribution in [2.75, 3.05) is 11.4 Å². The molecule has 1 aliphatic rings. The molecule has 4 nitrogen and oxygen atoms in total. The Kier molecular flexibility index (Phi) is 3.42. The number of aromatic nitrogens is 2. The maximum Gasteiger partial charge on any atom is 0.225 e. The minimum atomic E-state index is 0.816. The van der Waals surface area contributed by atoms with Gasteiger partial charge >= 0.3 is 0 Å². The van der Waals surface area contributed by atoms with Crippen LogP contribution in [0, 0.1) is 0 Å². The highest BCUT2D eigenvalue weighted by molar-refractivity contribution is 5.43. The fraction of sp³-hybridized carbons (Fsp3) is 0.333. The summed E-state index contributed by atoms with van der Waals surface area (Å²) >= 11 is 0. The van der Waals surface area contributed by atoms with Gasteiger partial charge in [-0.15, -0.1) is 0 Å². The second-order valence-corrected chi connectivity index (χ2v) is 4.80. The van der Waals surface area contributed by atoms with E-state index in [9.17, 15) is 0 Å². The van der Waals surface area contributed by atoms with E-state index in [0.29, 0.717) is 0 Å². The van der Waals surface area contributed by atoms with Gasteiger partial charge < -0.3 is 10.2 Å². The number of nitrogens with one attached hydrogen (secondary N) is 1. The molecule has 0 unspecified atom stereocenters. The smallest absolute Gasteiger partial charge is 0.225 e. The molecule has 19 heavy (non-hydrogen) atoms. The Morgan fingerprint density at radius 1 is 1.11 bits per heavy atom. The van der Waals surface area contributed by atoms with Crippen LogP contribution in [0.15, 0.2) is 36.7 Å². The molecule has 0 radical (unpaired) electrons. The second kappa shape index (κ2) is 5.36. The average molecular weight is 254 g/mol. The van der Waals surface area contributed by atoms with Crippen molar-refractivity contribution in [3.8, 4) is 0 Å². The number of hydrogen-bond acceptors (Lipinski definition) is 4. The summed E-state index contributed by atoms with van der Waals surface area (Å²) in [5.74, 6) is 0.816. The predicted octanol–water partition coefficient (Wildman–Crippen LogP) is 2.11. The quantitative estimate of drug-likeness (QED) is 0.907. The van der Waals surface area contributed by atoms with Crippen LogP contribution in [-0.4, -0.2) is 16.5 Å². The molecule has 98 valence electrons. The molecule has 0 bridgehead atoms. The predicted molar refractivity (Wildman–Crippen MR) is 75.7 cm³/mol. The summed E-state index contributed by atoms with van der Waals surface area (Å²) in [7, 11) is 0. The maximum atomic E-state index is 4.47. The molecule has 1 N–H and O–H groups in total. The number of anilines is 1. The van der Waals surface area contributed by atoms with Crippen molar-refractivity contribution in [1.82, 2.24) is 15.3 Å². The first-order valence-corrected chi connectivity index (χ1v) is 6.70. The van der Waals surface area contributed by atoms with Gasteiger partial charge in [0.2, 0.25) is 5.95 Å². The summed E-state index contributed by atoms with van der Waals surface area (Å²) in [5, 5.41) is 3.27. The van der Waals surface area contributed by atoms with E-state index < -0.39 is 0 Å².